The minimum atomic E-state index is -3.33. The van der Waals surface area contributed by atoms with Crippen LogP contribution in [0.25, 0.3) is 0 Å². The standard InChI is InChI=1S/C18H18N2O4S/c1-12-6-8-13(9-7-12)17-11-16(20-24-17)18(21)19-14-4-3-5-15(10-14)25(2,22)23/h3-10,17H,11H2,1-2H3,(H,19,21)/t17-/m1/s1. The maximum Gasteiger partial charge on any atom is 0.273 e. The van der Waals surface area contributed by atoms with Crippen LogP contribution in [0.15, 0.2) is 58.6 Å². The number of carbonyl (C=O) groups excluding carboxylic acids is 1. The zero-order chi connectivity index (χ0) is 18.0. The van der Waals surface area contributed by atoms with Gasteiger partial charge in [0.1, 0.15) is 5.71 Å². The molecule has 130 valence electrons. The van der Waals surface area contributed by atoms with Gasteiger partial charge >= 0.3 is 0 Å². The fourth-order valence-electron chi connectivity index (χ4n) is 2.48. The Kier molecular flexibility index (Phi) is 4.59. The zero-order valence-corrected chi connectivity index (χ0v) is 14.7. The summed E-state index contributed by atoms with van der Waals surface area (Å²) < 4.78 is 23.2. The van der Waals surface area contributed by atoms with Crippen molar-refractivity contribution < 1.29 is 18.0 Å². The first kappa shape index (κ1) is 17.2. The predicted octanol–water partition coefficient (Wildman–Crippen LogP) is 2.85. The van der Waals surface area contributed by atoms with E-state index in [1.807, 2.05) is 31.2 Å². The van der Waals surface area contributed by atoms with E-state index in [0.29, 0.717) is 12.1 Å². The van der Waals surface area contributed by atoms with Crippen molar-refractivity contribution in [2.45, 2.75) is 24.3 Å². The number of hydrogen-bond donors (Lipinski definition) is 1. The molecule has 2 aromatic carbocycles. The Morgan fingerprint density at radius 3 is 2.60 bits per heavy atom. The number of benzene rings is 2. The molecule has 0 aromatic heterocycles. The van der Waals surface area contributed by atoms with Gasteiger partial charge in [-0.15, -0.1) is 0 Å². The van der Waals surface area contributed by atoms with Gasteiger partial charge in [-0.1, -0.05) is 41.1 Å². The molecule has 1 atom stereocenters. The highest BCUT2D eigenvalue weighted by molar-refractivity contribution is 7.90. The lowest BCUT2D eigenvalue weighted by atomic mass is 10.0. The van der Waals surface area contributed by atoms with Gasteiger partial charge in [-0.3, -0.25) is 4.79 Å². The first-order valence-corrected chi connectivity index (χ1v) is 9.63. The van der Waals surface area contributed by atoms with Crippen molar-refractivity contribution >= 4 is 27.1 Å². The molecular weight excluding hydrogens is 340 g/mol. The minimum absolute atomic E-state index is 0.146. The molecule has 3 rings (SSSR count). The topological polar surface area (TPSA) is 84.8 Å². The van der Waals surface area contributed by atoms with E-state index in [4.69, 9.17) is 4.84 Å². The van der Waals surface area contributed by atoms with E-state index in [-0.39, 0.29) is 16.7 Å². The second-order valence-corrected chi connectivity index (χ2v) is 8.02. The van der Waals surface area contributed by atoms with Crippen LogP contribution < -0.4 is 5.32 Å². The number of nitrogens with zero attached hydrogens (tertiary/aromatic N) is 1. The van der Waals surface area contributed by atoms with Gasteiger partial charge in [0.25, 0.3) is 5.91 Å². The maximum absolute atomic E-state index is 12.3. The van der Waals surface area contributed by atoms with Crippen molar-refractivity contribution in [1.82, 2.24) is 0 Å². The van der Waals surface area contributed by atoms with Crippen LogP contribution in [-0.2, 0) is 19.5 Å². The van der Waals surface area contributed by atoms with E-state index >= 15 is 0 Å². The Bertz CT molecular complexity index is 934. The maximum atomic E-state index is 12.3. The van der Waals surface area contributed by atoms with E-state index in [0.717, 1.165) is 17.4 Å². The Balaban J connectivity index is 1.68. The molecule has 1 aliphatic heterocycles. The summed E-state index contributed by atoms with van der Waals surface area (Å²) in [6.07, 6.45) is 1.19. The summed E-state index contributed by atoms with van der Waals surface area (Å²) in [5, 5.41) is 6.53. The van der Waals surface area contributed by atoms with Gasteiger partial charge in [-0.2, -0.15) is 0 Å². The minimum Gasteiger partial charge on any atom is -0.387 e. The van der Waals surface area contributed by atoms with Gasteiger partial charge in [0, 0.05) is 18.4 Å². The van der Waals surface area contributed by atoms with Gasteiger partial charge in [-0.05, 0) is 30.7 Å². The molecule has 25 heavy (non-hydrogen) atoms. The van der Waals surface area contributed by atoms with Crippen LogP contribution >= 0.6 is 0 Å². The van der Waals surface area contributed by atoms with Crippen LogP contribution in [0.4, 0.5) is 5.69 Å². The third-order valence-corrected chi connectivity index (χ3v) is 5.01. The molecule has 1 amide bonds. The van der Waals surface area contributed by atoms with Crippen molar-refractivity contribution in [3.63, 3.8) is 0 Å². The number of hydrogen-bond acceptors (Lipinski definition) is 5. The van der Waals surface area contributed by atoms with Crippen molar-refractivity contribution in [3.05, 3.63) is 59.7 Å². The normalized spacial score (nSPS) is 16.9. The lowest BCUT2D eigenvalue weighted by molar-refractivity contribution is -0.110. The summed E-state index contributed by atoms with van der Waals surface area (Å²) in [6, 6.07) is 14.0. The van der Waals surface area contributed by atoms with E-state index < -0.39 is 15.7 Å². The van der Waals surface area contributed by atoms with Crippen LogP contribution in [0.1, 0.15) is 23.7 Å². The molecule has 0 saturated carbocycles. The summed E-state index contributed by atoms with van der Waals surface area (Å²) in [6.45, 7) is 2.00. The fraction of sp³-hybridized carbons (Fsp3) is 0.222. The second-order valence-electron chi connectivity index (χ2n) is 6.00. The molecule has 0 spiro atoms. The van der Waals surface area contributed by atoms with E-state index in [1.165, 1.54) is 12.1 Å². The number of amides is 1. The number of rotatable bonds is 4. The molecular formula is C18H18N2O4S. The first-order valence-electron chi connectivity index (χ1n) is 7.73. The van der Waals surface area contributed by atoms with Crippen molar-refractivity contribution in [2.75, 3.05) is 11.6 Å². The van der Waals surface area contributed by atoms with Gasteiger partial charge in [0.05, 0.1) is 4.90 Å². The first-order chi connectivity index (χ1) is 11.8. The van der Waals surface area contributed by atoms with Crippen LogP contribution in [0.5, 0.6) is 0 Å². The third-order valence-electron chi connectivity index (χ3n) is 3.90. The molecule has 0 aliphatic carbocycles. The summed E-state index contributed by atoms with van der Waals surface area (Å²) in [5.74, 6) is -0.403. The molecule has 0 saturated heterocycles. The highest BCUT2D eigenvalue weighted by Gasteiger charge is 2.27. The monoisotopic (exact) mass is 358 g/mol. The Labute approximate surface area is 146 Å². The van der Waals surface area contributed by atoms with Crippen molar-refractivity contribution in [1.29, 1.82) is 0 Å². The smallest absolute Gasteiger partial charge is 0.273 e. The highest BCUT2D eigenvalue weighted by Crippen LogP contribution is 2.28. The molecule has 1 heterocycles. The van der Waals surface area contributed by atoms with E-state index in [9.17, 15) is 13.2 Å². The summed E-state index contributed by atoms with van der Waals surface area (Å²) >= 11 is 0. The SMILES string of the molecule is Cc1ccc([C@H]2CC(C(=O)Nc3cccc(S(C)(=O)=O)c3)=NO2)cc1. The largest absolute Gasteiger partial charge is 0.387 e. The summed E-state index contributed by atoms with van der Waals surface area (Å²) in [4.78, 5) is 17.8. The molecule has 0 bridgehead atoms. The van der Waals surface area contributed by atoms with Gasteiger partial charge in [-0.25, -0.2) is 8.42 Å². The van der Waals surface area contributed by atoms with Gasteiger partial charge < -0.3 is 10.2 Å². The molecule has 0 fully saturated rings. The Morgan fingerprint density at radius 1 is 1.20 bits per heavy atom. The van der Waals surface area contributed by atoms with Gasteiger partial charge in [0.15, 0.2) is 15.9 Å². The quantitative estimate of drug-likeness (QED) is 0.911. The number of oxime groups is 1. The van der Waals surface area contributed by atoms with Gasteiger partial charge in [0.2, 0.25) is 0 Å². The summed E-state index contributed by atoms with van der Waals surface area (Å²) in [7, 11) is -3.33. The average molecular weight is 358 g/mol. The van der Waals surface area contributed by atoms with Crippen LogP contribution in [0.2, 0.25) is 0 Å². The number of nitrogens with one attached hydrogen (secondary N) is 1. The molecule has 2 aromatic rings. The summed E-state index contributed by atoms with van der Waals surface area (Å²) in [5.41, 5.74) is 2.77. The van der Waals surface area contributed by atoms with Crippen LogP contribution in [-0.4, -0.2) is 26.3 Å². The number of carbonyl (C=O) groups is 1. The second kappa shape index (κ2) is 6.68. The molecule has 1 N–H and O–H groups in total. The molecule has 6 nitrogen and oxygen atoms in total. The van der Waals surface area contributed by atoms with E-state index in [1.54, 1.807) is 12.1 Å². The number of aryl methyl sites for hydroxylation is 1. The molecule has 0 radical (unpaired) electrons. The van der Waals surface area contributed by atoms with E-state index in [2.05, 4.69) is 10.5 Å². The highest BCUT2D eigenvalue weighted by atomic mass is 32.2. The Hall–Kier alpha value is -2.67. The van der Waals surface area contributed by atoms with Crippen molar-refractivity contribution in [3.8, 4) is 0 Å². The van der Waals surface area contributed by atoms with Crippen molar-refractivity contribution in [2.24, 2.45) is 5.16 Å². The third kappa shape index (κ3) is 4.06. The zero-order valence-electron chi connectivity index (χ0n) is 13.9. The molecule has 0 unspecified atom stereocenters. The van der Waals surface area contributed by atoms with Crippen LogP contribution in [0.3, 0.4) is 0 Å². The van der Waals surface area contributed by atoms with Crippen LogP contribution in [0, 0.1) is 6.92 Å². The molecule has 7 heteroatoms. The average Bonchev–Trinajstić information content (AvgIpc) is 3.05. The lowest BCUT2D eigenvalue weighted by Gasteiger charge is -2.08. The predicted molar refractivity (Wildman–Crippen MR) is 95.2 cm³/mol. The Morgan fingerprint density at radius 2 is 1.92 bits per heavy atom. The fourth-order valence-corrected chi connectivity index (χ4v) is 3.15. The lowest BCUT2D eigenvalue weighted by Crippen LogP contribution is -2.22. The number of sulfone groups is 1. The molecule has 1 aliphatic rings. The number of anilines is 1.